The van der Waals surface area contributed by atoms with Gasteiger partial charge in [0, 0.05) is 12.7 Å². The zero-order valence-electron chi connectivity index (χ0n) is 8.01. The molecule has 0 fully saturated rings. The molecule has 0 bridgehead atoms. The van der Waals surface area contributed by atoms with E-state index in [1.165, 1.54) is 0 Å². The maximum atomic E-state index is 9.59. The lowest BCUT2D eigenvalue weighted by Crippen LogP contribution is -2.28. The van der Waals surface area contributed by atoms with E-state index in [1.807, 2.05) is 6.92 Å². The molecule has 1 aromatic heterocycles. The molecular formula is C9H15N3O2. The lowest BCUT2D eigenvalue weighted by molar-refractivity contribution is 0.0222. The van der Waals surface area contributed by atoms with Crippen LogP contribution in [0.15, 0.2) is 12.3 Å². The molecule has 2 unspecified atom stereocenters. The number of hydrogen-bond acceptors (Lipinski definition) is 5. The Morgan fingerprint density at radius 2 is 2.14 bits per heavy atom. The van der Waals surface area contributed by atoms with Crippen LogP contribution in [0.2, 0.25) is 0 Å². The second-order valence-electron chi connectivity index (χ2n) is 3.24. The van der Waals surface area contributed by atoms with E-state index in [2.05, 4.69) is 4.98 Å². The van der Waals surface area contributed by atoms with Gasteiger partial charge in [-0.1, -0.05) is 0 Å². The van der Waals surface area contributed by atoms with Gasteiger partial charge in [0.2, 0.25) is 0 Å². The minimum absolute atomic E-state index is 0.0316. The molecule has 78 valence electrons. The van der Waals surface area contributed by atoms with E-state index in [-0.39, 0.29) is 12.2 Å². The summed E-state index contributed by atoms with van der Waals surface area (Å²) in [5, 5.41) is 18.9. The van der Waals surface area contributed by atoms with Crippen LogP contribution in [-0.4, -0.2) is 27.8 Å². The Morgan fingerprint density at radius 1 is 1.50 bits per heavy atom. The van der Waals surface area contributed by atoms with Crippen LogP contribution in [0.25, 0.3) is 0 Å². The van der Waals surface area contributed by atoms with E-state index in [9.17, 15) is 10.2 Å². The Morgan fingerprint density at radius 3 is 2.64 bits per heavy atom. The summed E-state index contributed by atoms with van der Waals surface area (Å²) in [5.74, 6) is 0. The summed E-state index contributed by atoms with van der Waals surface area (Å²) in [6.45, 7) is 1.81. The number of anilines is 1. The molecule has 6 N–H and O–H groups in total. The normalized spacial score (nSPS) is 15.1. The van der Waals surface area contributed by atoms with Gasteiger partial charge < -0.3 is 21.7 Å². The fraction of sp³-hybridized carbons (Fsp3) is 0.444. The summed E-state index contributed by atoms with van der Waals surface area (Å²) < 4.78 is 0. The second kappa shape index (κ2) is 4.36. The number of nitrogens with zero attached hydrogens (tertiary/aromatic N) is 1. The van der Waals surface area contributed by atoms with E-state index >= 15 is 0 Å². The average Bonchev–Trinajstić information content (AvgIpc) is 2.15. The summed E-state index contributed by atoms with van der Waals surface area (Å²) in [7, 11) is 0. The average molecular weight is 197 g/mol. The van der Waals surface area contributed by atoms with Crippen LogP contribution in [0.5, 0.6) is 0 Å². The Labute approximate surface area is 82.4 Å². The first-order valence-electron chi connectivity index (χ1n) is 4.34. The monoisotopic (exact) mass is 197 g/mol. The van der Waals surface area contributed by atoms with Crippen molar-refractivity contribution in [2.45, 2.75) is 19.1 Å². The number of pyridine rings is 1. The maximum Gasteiger partial charge on any atom is 0.125 e. The van der Waals surface area contributed by atoms with Crippen LogP contribution >= 0.6 is 0 Å². The highest BCUT2D eigenvalue weighted by molar-refractivity contribution is 5.45. The van der Waals surface area contributed by atoms with E-state index in [4.69, 9.17) is 11.5 Å². The van der Waals surface area contributed by atoms with Crippen molar-refractivity contribution in [1.82, 2.24) is 4.98 Å². The molecule has 0 aliphatic heterocycles. The lowest BCUT2D eigenvalue weighted by atomic mass is 10.1. The van der Waals surface area contributed by atoms with Crippen molar-refractivity contribution in [3.8, 4) is 0 Å². The van der Waals surface area contributed by atoms with Crippen LogP contribution in [0.1, 0.15) is 17.4 Å². The first kappa shape index (κ1) is 10.9. The lowest BCUT2D eigenvalue weighted by Gasteiger charge is -2.17. The highest BCUT2D eigenvalue weighted by Gasteiger charge is 2.20. The highest BCUT2D eigenvalue weighted by atomic mass is 16.3. The topological polar surface area (TPSA) is 105 Å². The molecule has 0 aliphatic rings. The van der Waals surface area contributed by atoms with Crippen molar-refractivity contribution in [2.24, 2.45) is 5.73 Å². The van der Waals surface area contributed by atoms with Gasteiger partial charge in [0.1, 0.15) is 6.10 Å². The fourth-order valence-corrected chi connectivity index (χ4v) is 1.16. The minimum Gasteiger partial charge on any atom is -0.397 e. The van der Waals surface area contributed by atoms with Crippen LogP contribution in [-0.2, 0) is 0 Å². The van der Waals surface area contributed by atoms with Crippen molar-refractivity contribution in [3.05, 3.63) is 23.5 Å². The third kappa shape index (κ3) is 2.20. The third-order valence-corrected chi connectivity index (χ3v) is 1.97. The van der Waals surface area contributed by atoms with Crippen LogP contribution < -0.4 is 11.5 Å². The SMILES string of the molecule is Cc1cnc(C(O)C(O)CN)c(N)c1. The molecule has 0 amide bonds. The number of aliphatic hydroxyl groups is 2. The molecular weight excluding hydrogens is 182 g/mol. The second-order valence-corrected chi connectivity index (χ2v) is 3.24. The number of rotatable bonds is 3. The Kier molecular flexibility index (Phi) is 3.40. The van der Waals surface area contributed by atoms with Gasteiger partial charge in [-0.15, -0.1) is 0 Å². The predicted octanol–water partition coefficient (Wildman–Crippen LogP) is -0.675. The Hall–Kier alpha value is -1.17. The van der Waals surface area contributed by atoms with Crippen LogP contribution in [0.4, 0.5) is 5.69 Å². The molecule has 1 aromatic rings. The van der Waals surface area contributed by atoms with Gasteiger partial charge in [-0.25, -0.2) is 0 Å². The first-order chi connectivity index (χ1) is 6.56. The summed E-state index contributed by atoms with van der Waals surface area (Å²) in [6, 6.07) is 1.69. The summed E-state index contributed by atoms with van der Waals surface area (Å²) in [4.78, 5) is 3.96. The fourth-order valence-electron chi connectivity index (χ4n) is 1.16. The van der Waals surface area contributed by atoms with Crippen molar-refractivity contribution in [1.29, 1.82) is 0 Å². The van der Waals surface area contributed by atoms with E-state index in [0.717, 1.165) is 5.56 Å². The molecule has 0 aromatic carbocycles. The maximum absolute atomic E-state index is 9.59. The molecule has 1 heterocycles. The van der Waals surface area contributed by atoms with Gasteiger partial charge in [-0.2, -0.15) is 0 Å². The first-order valence-corrected chi connectivity index (χ1v) is 4.34. The molecule has 14 heavy (non-hydrogen) atoms. The number of nitrogen functional groups attached to an aromatic ring is 1. The molecule has 0 saturated heterocycles. The minimum atomic E-state index is -1.12. The van der Waals surface area contributed by atoms with E-state index in [1.54, 1.807) is 12.3 Å². The third-order valence-electron chi connectivity index (χ3n) is 1.97. The molecule has 2 atom stereocenters. The van der Waals surface area contributed by atoms with Crippen molar-refractivity contribution < 1.29 is 10.2 Å². The number of aliphatic hydroxyl groups excluding tert-OH is 2. The number of hydrogen-bond donors (Lipinski definition) is 4. The molecule has 0 spiro atoms. The van der Waals surface area contributed by atoms with Gasteiger partial charge in [0.25, 0.3) is 0 Å². The molecule has 0 radical (unpaired) electrons. The Bertz CT molecular complexity index is 317. The summed E-state index contributed by atoms with van der Waals surface area (Å²) in [6.07, 6.45) is -0.578. The van der Waals surface area contributed by atoms with Gasteiger partial charge in [-0.3, -0.25) is 4.98 Å². The standard InChI is InChI=1S/C9H15N3O2/c1-5-2-6(11)8(12-4-5)9(14)7(13)3-10/h2,4,7,9,13-14H,3,10-11H2,1H3. The van der Waals surface area contributed by atoms with Gasteiger partial charge in [0.15, 0.2) is 0 Å². The highest BCUT2D eigenvalue weighted by Crippen LogP contribution is 2.20. The predicted molar refractivity (Wildman–Crippen MR) is 53.4 cm³/mol. The number of nitrogens with two attached hydrogens (primary N) is 2. The van der Waals surface area contributed by atoms with Crippen molar-refractivity contribution in [2.75, 3.05) is 12.3 Å². The van der Waals surface area contributed by atoms with Gasteiger partial charge in [0.05, 0.1) is 17.5 Å². The summed E-state index contributed by atoms with van der Waals surface area (Å²) in [5.41, 5.74) is 12.4. The summed E-state index contributed by atoms with van der Waals surface area (Å²) >= 11 is 0. The molecule has 0 saturated carbocycles. The number of aryl methyl sites for hydroxylation is 1. The molecule has 1 rings (SSSR count). The smallest absolute Gasteiger partial charge is 0.125 e. The van der Waals surface area contributed by atoms with Crippen LogP contribution in [0, 0.1) is 6.92 Å². The van der Waals surface area contributed by atoms with Crippen molar-refractivity contribution in [3.63, 3.8) is 0 Å². The molecule has 5 heteroatoms. The zero-order chi connectivity index (χ0) is 10.7. The molecule has 5 nitrogen and oxygen atoms in total. The largest absolute Gasteiger partial charge is 0.397 e. The van der Waals surface area contributed by atoms with E-state index in [0.29, 0.717) is 5.69 Å². The quantitative estimate of drug-likeness (QED) is 0.514. The zero-order valence-corrected chi connectivity index (χ0v) is 8.01. The van der Waals surface area contributed by atoms with E-state index < -0.39 is 12.2 Å². The van der Waals surface area contributed by atoms with Crippen molar-refractivity contribution >= 4 is 5.69 Å². The van der Waals surface area contributed by atoms with Crippen LogP contribution in [0.3, 0.4) is 0 Å². The van der Waals surface area contributed by atoms with Gasteiger partial charge in [-0.05, 0) is 18.6 Å². The van der Waals surface area contributed by atoms with Gasteiger partial charge >= 0.3 is 0 Å². The molecule has 0 aliphatic carbocycles. The number of aromatic nitrogens is 1. The Balaban J connectivity index is 2.95.